The molecule has 0 radical (unpaired) electrons. The minimum Gasteiger partial charge on any atom is -0.350 e. The number of carbonyl (C=O) groups is 1. The Kier molecular flexibility index (Phi) is 4.41. The number of amides is 1. The highest BCUT2D eigenvalue weighted by molar-refractivity contribution is 7.89. The molecule has 1 aromatic rings. The maximum atomic E-state index is 11.8. The van der Waals surface area contributed by atoms with Crippen molar-refractivity contribution in [3.63, 3.8) is 0 Å². The van der Waals surface area contributed by atoms with E-state index >= 15 is 0 Å². The third kappa shape index (κ3) is 4.31. The van der Waals surface area contributed by atoms with Gasteiger partial charge in [-0.2, -0.15) is 0 Å². The van der Waals surface area contributed by atoms with E-state index in [2.05, 4.69) is 14.9 Å². The summed E-state index contributed by atoms with van der Waals surface area (Å²) in [5.41, 5.74) is 0.306. The highest BCUT2D eigenvalue weighted by atomic mass is 32.2. The number of nitrogens with two attached hydrogens (primary N) is 1. The molecule has 0 aliphatic rings. The quantitative estimate of drug-likeness (QED) is 0.801. The van der Waals surface area contributed by atoms with E-state index in [1.807, 2.05) is 20.8 Å². The maximum Gasteiger partial charge on any atom is 0.265 e. The lowest BCUT2D eigenvalue weighted by molar-refractivity contribution is 0.0958. The van der Waals surface area contributed by atoms with Crippen LogP contribution in [0.1, 0.15) is 36.1 Å². The van der Waals surface area contributed by atoms with Gasteiger partial charge in [-0.15, -0.1) is 5.10 Å². The van der Waals surface area contributed by atoms with Crippen LogP contribution in [0.3, 0.4) is 0 Å². The van der Waals surface area contributed by atoms with Crippen molar-refractivity contribution in [2.45, 2.75) is 26.2 Å². The summed E-state index contributed by atoms with van der Waals surface area (Å²) >= 11 is 0.989. The summed E-state index contributed by atoms with van der Waals surface area (Å²) in [7, 11) is -3.57. The molecule has 1 rings (SSSR count). The van der Waals surface area contributed by atoms with Crippen molar-refractivity contribution >= 4 is 27.5 Å². The van der Waals surface area contributed by atoms with Gasteiger partial charge in [0.15, 0.2) is 0 Å². The Hall–Kier alpha value is -1.06. The normalized spacial score (nSPS) is 12.4. The van der Waals surface area contributed by atoms with E-state index in [4.69, 9.17) is 5.14 Å². The first-order valence-corrected chi connectivity index (χ1v) is 7.71. The van der Waals surface area contributed by atoms with Crippen LogP contribution in [0.4, 0.5) is 0 Å². The van der Waals surface area contributed by atoms with Crippen molar-refractivity contribution in [1.82, 2.24) is 14.9 Å². The molecule has 102 valence electrons. The lowest BCUT2D eigenvalue weighted by Crippen LogP contribution is -2.32. The molecule has 1 aromatic heterocycles. The molecule has 18 heavy (non-hydrogen) atoms. The predicted molar refractivity (Wildman–Crippen MR) is 68.9 cm³/mol. The minimum atomic E-state index is -3.57. The Bertz CT molecular complexity index is 530. The molecule has 0 atom stereocenters. The van der Waals surface area contributed by atoms with Gasteiger partial charge in [0.1, 0.15) is 4.88 Å². The van der Waals surface area contributed by atoms with E-state index in [0.717, 1.165) is 11.5 Å². The fourth-order valence-electron chi connectivity index (χ4n) is 1.22. The topological polar surface area (TPSA) is 115 Å². The molecule has 0 aromatic carbocycles. The molecule has 0 bridgehead atoms. The Morgan fingerprint density at radius 2 is 2.06 bits per heavy atom. The van der Waals surface area contributed by atoms with Crippen LogP contribution in [-0.2, 0) is 15.4 Å². The van der Waals surface area contributed by atoms with Crippen LogP contribution in [-0.4, -0.2) is 36.2 Å². The number of primary sulfonamides is 1. The summed E-state index contributed by atoms with van der Waals surface area (Å²) in [5.74, 6) is -0.672. The third-order valence-electron chi connectivity index (χ3n) is 2.08. The van der Waals surface area contributed by atoms with Crippen LogP contribution in [0.15, 0.2) is 0 Å². The Morgan fingerprint density at radius 3 is 2.56 bits per heavy atom. The molecule has 0 aliphatic carbocycles. The van der Waals surface area contributed by atoms with Crippen molar-refractivity contribution in [3.8, 4) is 0 Å². The molecule has 9 heteroatoms. The van der Waals surface area contributed by atoms with E-state index in [1.165, 1.54) is 0 Å². The minimum absolute atomic E-state index is 0.0286. The van der Waals surface area contributed by atoms with E-state index < -0.39 is 10.0 Å². The molecule has 0 unspecified atom stereocenters. The van der Waals surface area contributed by atoms with Gasteiger partial charge < -0.3 is 5.32 Å². The largest absolute Gasteiger partial charge is 0.350 e. The average Bonchev–Trinajstić information content (AvgIpc) is 2.62. The number of hydrogen-bond acceptors (Lipinski definition) is 6. The van der Waals surface area contributed by atoms with Gasteiger partial charge >= 0.3 is 0 Å². The summed E-state index contributed by atoms with van der Waals surface area (Å²) in [6, 6.07) is 0. The highest BCUT2D eigenvalue weighted by Crippen LogP contribution is 2.25. The van der Waals surface area contributed by atoms with Crippen LogP contribution in [0.5, 0.6) is 0 Å². The summed E-state index contributed by atoms with van der Waals surface area (Å²) in [6.45, 7) is 5.74. The number of hydrogen-bond donors (Lipinski definition) is 2. The lowest BCUT2D eigenvalue weighted by Gasteiger charge is -2.16. The molecule has 3 N–H and O–H groups in total. The first-order chi connectivity index (χ1) is 8.11. The van der Waals surface area contributed by atoms with Gasteiger partial charge in [-0.05, 0) is 11.5 Å². The Morgan fingerprint density at radius 1 is 1.44 bits per heavy atom. The van der Waals surface area contributed by atoms with Crippen molar-refractivity contribution < 1.29 is 13.2 Å². The van der Waals surface area contributed by atoms with Gasteiger partial charge in [-0.1, -0.05) is 25.3 Å². The number of carbonyl (C=O) groups excluding carboxylic acids is 1. The van der Waals surface area contributed by atoms with Crippen LogP contribution in [0, 0.1) is 0 Å². The first kappa shape index (κ1) is 15.0. The van der Waals surface area contributed by atoms with E-state index in [9.17, 15) is 13.2 Å². The van der Waals surface area contributed by atoms with Crippen molar-refractivity contribution in [2.75, 3.05) is 12.3 Å². The number of rotatable bonds is 4. The number of nitrogens with zero attached hydrogens (tertiary/aromatic N) is 2. The first-order valence-electron chi connectivity index (χ1n) is 5.23. The maximum absolute atomic E-state index is 11.8. The average molecular weight is 292 g/mol. The molecule has 7 nitrogen and oxygen atoms in total. The molecule has 1 amide bonds. The lowest BCUT2D eigenvalue weighted by atomic mass is 9.91. The van der Waals surface area contributed by atoms with Gasteiger partial charge in [0.2, 0.25) is 10.0 Å². The molecule has 0 spiro atoms. The zero-order valence-corrected chi connectivity index (χ0v) is 12.1. The Balaban J connectivity index is 2.72. The standard InChI is InChI=1S/C9H16N4O3S2/c1-9(2,3)7-6(17-13-12-7)8(14)11-4-5-18(10,15)16/h4-5H2,1-3H3,(H,11,14)(H2,10,15,16). The fraction of sp³-hybridized carbons (Fsp3) is 0.667. The molecular formula is C9H16N4O3S2. The van der Waals surface area contributed by atoms with Crippen molar-refractivity contribution in [3.05, 3.63) is 10.6 Å². The van der Waals surface area contributed by atoms with Crippen molar-refractivity contribution in [1.29, 1.82) is 0 Å². The smallest absolute Gasteiger partial charge is 0.265 e. The monoisotopic (exact) mass is 292 g/mol. The van der Waals surface area contributed by atoms with Gasteiger partial charge in [0.25, 0.3) is 5.91 Å². The van der Waals surface area contributed by atoms with Crippen LogP contribution in [0.25, 0.3) is 0 Å². The summed E-state index contributed by atoms with van der Waals surface area (Å²) in [6.07, 6.45) is 0. The fourth-order valence-corrected chi connectivity index (χ4v) is 2.40. The van der Waals surface area contributed by atoms with Gasteiger partial charge in [-0.3, -0.25) is 4.79 Å². The predicted octanol–water partition coefficient (Wildman–Crippen LogP) is -0.146. The second-order valence-electron chi connectivity index (χ2n) is 4.82. The van der Waals surface area contributed by atoms with Gasteiger partial charge in [0, 0.05) is 12.0 Å². The second-order valence-corrected chi connectivity index (χ2v) is 7.31. The van der Waals surface area contributed by atoms with Gasteiger partial charge in [0.05, 0.1) is 11.4 Å². The zero-order valence-electron chi connectivity index (χ0n) is 10.4. The molecule has 0 saturated heterocycles. The Labute approximate surface area is 110 Å². The summed E-state index contributed by atoms with van der Waals surface area (Å²) in [5, 5.41) is 11.3. The molecule has 0 aliphatic heterocycles. The second kappa shape index (κ2) is 5.29. The van der Waals surface area contributed by atoms with E-state index in [0.29, 0.717) is 10.6 Å². The third-order valence-corrected chi connectivity index (χ3v) is 3.57. The van der Waals surface area contributed by atoms with Gasteiger partial charge in [-0.25, -0.2) is 13.6 Å². The molecule has 0 saturated carbocycles. The zero-order chi connectivity index (χ0) is 14.0. The van der Waals surface area contributed by atoms with Crippen molar-refractivity contribution in [2.24, 2.45) is 5.14 Å². The van der Waals surface area contributed by atoms with E-state index in [1.54, 1.807) is 0 Å². The van der Waals surface area contributed by atoms with Crippen LogP contribution in [0.2, 0.25) is 0 Å². The highest BCUT2D eigenvalue weighted by Gasteiger charge is 2.26. The number of aromatic nitrogens is 2. The molecular weight excluding hydrogens is 276 g/mol. The summed E-state index contributed by atoms with van der Waals surface area (Å²) < 4.78 is 25.2. The molecule has 0 fully saturated rings. The number of sulfonamides is 1. The van der Waals surface area contributed by atoms with E-state index in [-0.39, 0.29) is 23.6 Å². The molecule has 1 heterocycles. The van der Waals surface area contributed by atoms with Crippen LogP contribution < -0.4 is 10.5 Å². The number of nitrogens with one attached hydrogen (secondary N) is 1. The van der Waals surface area contributed by atoms with Crippen LogP contribution >= 0.6 is 11.5 Å². The summed E-state index contributed by atoms with van der Waals surface area (Å²) in [4.78, 5) is 12.2. The SMILES string of the molecule is CC(C)(C)c1nnsc1C(=O)NCCS(N)(=O)=O.